The minimum atomic E-state index is -4.59. The lowest BCUT2D eigenvalue weighted by Crippen LogP contribution is -2.44. The summed E-state index contributed by atoms with van der Waals surface area (Å²) in [5.41, 5.74) is 3.60. The van der Waals surface area contributed by atoms with Crippen LogP contribution in [-0.2, 0) is 19.3 Å². The number of hydrogen-bond acceptors (Lipinski definition) is 10. The van der Waals surface area contributed by atoms with Gasteiger partial charge in [-0.3, -0.25) is 9.30 Å². The Hall–Kier alpha value is -5.91. The van der Waals surface area contributed by atoms with Crippen LogP contribution in [0, 0.1) is 0 Å². The third-order valence-electron chi connectivity index (χ3n) is 11.4. The number of piperidine rings is 1. The van der Waals surface area contributed by atoms with Crippen molar-refractivity contribution in [1.82, 2.24) is 38.6 Å². The van der Waals surface area contributed by atoms with Gasteiger partial charge in [0.15, 0.2) is 5.65 Å². The van der Waals surface area contributed by atoms with Crippen molar-refractivity contribution in [2.75, 3.05) is 83.5 Å². The van der Waals surface area contributed by atoms with E-state index in [-0.39, 0.29) is 23.8 Å². The van der Waals surface area contributed by atoms with Gasteiger partial charge in [-0.05, 0) is 82.0 Å². The van der Waals surface area contributed by atoms with E-state index in [0.29, 0.717) is 48.3 Å². The summed E-state index contributed by atoms with van der Waals surface area (Å²) < 4.78 is 58.0. The van der Waals surface area contributed by atoms with E-state index in [2.05, 4.69) is 48.5 Å². The minimum Gasteiger partial charge on any atom is -0.497 e. The highest BCUT2D eigenvalue weighted by Crippen LogP contribution is 2.39. The lowest BCUT2D eigenvalue weighted by atomic mass is 10.0. The van der Waals surface area contributed by atoms with Gasteiger partial charge < -0.3 is 39.8 Å². The lowest BCUT2D eigenvalue weighted by Gasteiger charge is -2.33. The fourth-order valence-electron chi connectivity index (χ4n) is 8.06. The molecule has 0 unspecified atom stereocenters. The van der Waals surface area contributed by atoms with Crippen LogP contribution in [0.4, 0.5) is 35.2 Å². The van der Waals surface area contributed by atoms with Gasteiger partial charge in [0.2, 0.25) is 0 Å². The zero-order valence-corrected chi connectivity index (χ0v) is 33.5. The Bertz CT molecular complexity index is 2450. The van der Waals surface area contributed by atoms with Crippen molar-refractivity contribution in [3.63, 3.8) is 0 Å². The summed E-state index contributed by atoms with van der Waals surface area (Å²) in [7, 11) is 7.36. The highest BCUT2D eigenvalue weighted by Gasteiger charge is 2.34. The molecule has 2 amide bonds. The maximum atomic E-state index is 14.3. The number of carbonyl (C=O) groups is 1. The molecule has 6 aromatic rings. The number of aromatic nitrogens is 5. The first-order valence-corrected chi connectivity index (χ1v) is 19.6. The predicted octanol–water partition coefficient (Wildman–Crippen LogP) is 7.05. The largest absolute Gasteiger partial charge is 0.497 e. The van der Waals surface area contributed by atoms with Crippen molar-refractivity contribution >= 4 is 39.9 Å². The molecular formula is C42H48F3N11O3. The average Bonchev–Trinajstić information content (AvgIpc) is 3.88. The Kier molecular flexibility index (Phi) is 11.3. The summed E-state index contributed by atoms with van der Waals surface area (Å²) in [6, 6.07) is 12.8. The Morgan fingerprint density at radius 2 is 1.61 bits per heavy atom. The number of rotatable bonds is 11. The molecule has 17 heteroatoms. The number of piperazine rings is 1. The molecule has 2 aromatic carbocycles. The number of amides is 2. The van der Waals surface area contributed by atoms with E-state index >= 15 is 0 Å². The molecule has 2 fully saturated rings. The number of imidazole rings is 1. The minimum absolute atomic E-state index is 0.0296. The molecule has 2 saturated heterocycles. The van der Waals surface area contributed by atoms with Crippen LogP contribution in [0.3, 0.4) is 0 Å². The standard InChI is InChI=1S/C42H48F3N11O3/c1-52-14-11-30(12-15-52)56-25-32(37-38(48-26-49-40(37)56)47-23-27-6-8-31(58-3)22-36(27)59-4)35-10-9-34(39-46-13-16-55(35)39)51-41(57)50-29-7-5-28(33(21-29)42(43,44)45)24-54-19-17-53(2)18-20-54/h5-10,13,16,21-22,25-26,30H,11-12,14-15,17-20,23-24H2,1-4H3,(H,47,48,49)(H2,50,51,57). The number of likely N-dealkylation sites (tertiary alicyclic amines) is 1. The number of hydrogen-bond donors (Lipinski definition) is 3. The van der Waals surface area contributed by atoms with E-state index in [9.17, 15) is 18.0 Å². The fourth-order valence-corrected chi connectivity index (χ4v) is 8.06. The summed E-state index contributed by atoms with van der Waals surface area (Å²) in [5, 5.41) is 9.77. The van der Waals surface area contributed by atoms with Gasteiger partial charge in [-0.15, -0.1) is 0 Å². The number of carbonyl (C=O) groups excluding carboxylic acids is 1. The van der Waals surface area contributed by atoms with Crippen molar-refractivity contribution in [2.45, 2.75) is 38.1 Å². The molecule has 4 aromatic heterocycles. The topological polar surface area (TPSA) is 129 Å². The van der Waals surface area contributed by atoms with Gasteiger partial charge in [0.05, 0.1) is 36.6 Å². The second-order valence-corrected chi connectivity index (χ2v) is 15.2. The monoisotopic (exact) mass is 811 g/mol. The average molecular weight is 812 g/mol. The summed E-state index contributed by atoms with van der Waals surface area (Å²) in [6.07, 6.45) is 4.46. The molecule has 14 nitrogen and oxygen atoms in total. The molecule has 2 aliphatic rings. The second kappa shape index (κ2) is 16.8. The van der Waals surface area contributed by atoms with Crippen LogP contribution in [-0.4, -0.2) is 112 Å². The van der Waals surface area contributed by atoms with Gasteiger partial charge in [0.25, 0.3) is 0 Å². The maximum Gasteiger partial charge on any atom is 0.416 e. The van der Waals surface area contributed by atoms with E-state index in [0.717, 1.165) is 72.9 Å². The quantitative estimate of drug-likeness (QED) is 0.125. The smallest absolute Gasteiger partial charge is 0.416 e. The number of pyridine rings is 1. The van der Waals surface area contributed by atoms with Crippen LogP contribution in [0.2, 0.25) is 0 Å². The third-order valence-corrected chi connectivity index (χ3v) is 11.4. The number of urea groups is 1. The van der Waals surface area contributed by atoms with Crippen LogP contribution in [0.15, 0.2) is 73.4 Å². The van der Waals surface area contributed by atoms with Gasteiger partial charge in [-0.25, -0.2) is 19.7 Å². The van der Waals surface area contributed by atoms with E-state index < -0.39 is 17.8 Å². The number of halogens is 3. The van der Waals surface area contributed by atoms with Gasteiger partial charge >= 0.3 is 12.2 Å². The van der Waals surface area contributed by atoms with Crippen LogP contribution >= 0.6 is 0 Å². The number of nitrogens with zero attached hydrogens (tertiary/aromatic N) is 8. The number of nitrogens with one attached hydrogen (secondary N) is 3. The number of methoxy groups -OCH3 is 2. The van der Waals surface area contributed by atoms with E-state index in [4.69, 9.17) is 19.4 Å². The molecule has 0 bridgehead atoms. The van der Waals surface area contributed by atoms with Gasteiger partial charge in [-0.1, -0.05) is 6.07 Å². The Morgan fingerprint density at radius 3 is 2.36 bits per heavy atom. The SMILES string of the molecule is COc1ccc(CNc2ncnc3c2c(-c2ccc(NC(=O)Nc4ccc(CN5CCN(C)CC5)c(C(F)(F)F)c4)c4nccn24)cn3C2CCN(C)CC2)c(OC)c1. The molecule has 0 radical (unpaired) electrons. The van der Waals surface area contributed by atoms with E-state index in [1.165, 1.54) is 12.1 Å². The predicted molar refractivity (Wildman–Crippen MR) is 221 cm³/mol. The summed E-state index contributed by atoms with van der Waals surface area (Å²) >= 11 is 0. The van der Waals surface area contributed by atoms with E-state index in [1.807, 2.05) is 40.6 Å². The molecule has 8 rings (SSSR count). The maximum absolute atomic E-state index is 14.3. The fraction of sp³-hybridized carbons (Fsp3) is 0.381. The number of anilines is 3. The van der Waals surface area contributed by atoms with Gasteiger partial charge in [0.1, 0.15) is 29.3 Å². The van der Waals surface area contributed by atoms with Crippen molar-refractivity contribution in [1.29, 1.82) is 0 Å². The third kappa shape index (κ3) is 8.49. The number of ether oxygens (including phenoxy) is 2. The van der Waals surface area contributed by atoms with Gasteiger partial charge in [-0.2, -0.15) is 13.2 Å². The second-order valence-electron chi connectivity index (χ2n) is 15.2. The summed E-state index contributed by atoms with van der Waals surface area (Å²) in [4.78, 5) is 34.0. The number of benzene rings is 2. The van der Waals surface area contributed by atoms with Crippen LogP contribution in [0.25, 0.3) is 27.9 Å². The zero-order chi connectivity index (χ0) is 41.3. The van der Waals surface area contributed by atoms with Crippen molar-refractivity contribution in [2.24, 2.45) is 0 Å². The van der Waals surface area contributed by atoms with Crippen molar-refractivity contribution in [3.05, 3.63) is 90.1 Å². The normalized spacial score (nSPS) is 16.1. The first-order valence-electron chi connectivity index (χ1n) is 19.6. The summed E-state index contributed by atoms with van der Waals surface area (Å²) in [6.45, 7) is 5.47. The van der Waals surface area contributed by atoms with Crippen molar-refractivity contribution < 1.29 is 27.4 Å². The number of likely N-dealkylation sites (N-methyl/N-ethyl adjacent to an activating group) is 1. The van der Waals surface area contributed by atoms with Crippen LogP contribution < -0.4 is 25.4 Å². The van der Waals surface area contributed by atoms with Gasteiger partial charge in [0, 0.05) is 86.8 Å². The highest BCUT2D eigenvalue weighted by molar-refractivity contribution is 6.04. The van der Waals surface area contributed by atoms with E-state index in [1.54, 1.807) is 39.0 Å². The lowest BCUT2D eigenvalue weighted by molar-refractivity contribution is -0.138. The number of fused-ring (bicyclic) bond motifs is 2. The Labute approximate surface area is 339 Å². The Morgan fingerprint density at radius 1 is 0.847 bits per heavy atom. The zero-order valence-electron chi connectivity index (χ0n) is 33.5. The molecule has 2 aliphatic heterocycles. The molecule has 310 valence electrons. The molecule has 0 atom stereocenters. The molecule has 0 saturated carbocycles. The van der Waals surface area contributed by atoms with Crippen molar-refractivity contribution in [3.8, 4) is 22.8 Å². The molecular weight excluding hydrogens is 764 g/mol. The molecule has 3 N–H and O–H groups in total. The van der Waals surface area contributed by atoms with Crippen LogP contribution in [0.1, 0.15) is 35.6 Å². The number of alkyl halides is 3. The summed E-state index contributed by atoms with van der Waals surface area (Å²) in [5.74, 6) is 2.00. The Balaban J connectivity index is 1.09. The van der Waals surface area contributed by atoms with Crippen LogP contribution in [0.5, 0.6) is 11.5 Å². The first-order chi connectivity index (χ1) is 28.5. The first kappa shape index (κ1) is 39.9. The molecule has 59 heavy (non-hydrogen) atoms. The molecule has 0 aliphatic carbocycles. The molecule has 6 heterocycles. The molecule has 0 spiro atoms. The highest BCUT2D eigenvalue weighted by atomic mass is 19.4.